The number of nitrogens with zero attached hydrogens (tertiary/aromatic N) is 1. The van der Waals surface area contributed by atoms with Gasteiger partial charge in [-0.25, -0.2) is 8.78 Å². The Bertz CT molecular complexity index is 177. The molecule has 1 rings (SSSR count). The Morgan fingerprint density at radius 1 is 1.43 bits per heavy atom. The average molecular weight is 206 g/mol. The quantitative estimate of drug-likeness (QED) is 0.738. The molecule has 0 aromatic carbocycles. The lowest BCUT2D eigenvalue weighted by Crippen LogP contribution is -2.56. The molecule has 1 heterocycles. The minimum absolute atomic E-state index is 0.0890. The van der Waals surface area contributed by atoms with Gasteiger partial charge in [-0.05, 0) is 5.41 Å². The third-order valence-electron chi connectivity index (χ3n) is 2.70. The molecule has 0 spiro atoms. The van der Waals surface area contributed by atoms with Crippen molar-refractivity contribution in [1.29, 1.82) is 0 Å². The number of piperazine rings is 1. The van der Waals surface area contributed by atoms with Gasteiger partial charge in [0, 0.05) is 25.7 Å². The molecule has 0 aromatic rings. The summed E-state index contributed by atoms with van der Waals surface area (Å²) in [7, 11) is 0. The van der Waals surface area contributed by atoms with Gasteiger partial charge in [0.25, 0.3) is 6.43 Å². The van der Waals surface area contributed by atoms with Gasteiger partial charge in [0.15, 0.2) is 0 Å². The molecule has 1 fully saturated rings. The second kappa shape index (κ2) is 4.53. The van der Waals surface area contributed by atoms with E-state index in [0.29, 0.717) is 6.04 Å². The van der Waals surface area contributed by atoms with Crippen LogP contribution < -0.4 is 5.32 Å². The molecule has 1 atom stereocenters. The predicted molar refractivity (Wildman–Crippen MR) is 53.7 cm³/mol. The van der Waals surface area contributed by atoms with Gasteiger partial charge in [-0.1, -0.05) is 20.8 Å². The molecule has 0 aromatic heterocycles. The summed E-state index contributed by atoms with van der Waals surface area (Å²) in [6, 6.07) is 0.315. The molecule has 0 amide bonds. The van der Waals surface area contributed by atoms with Gasteiger partial charge in [0.2, 0.25) is 0 Å². The lowest BCUT2D eigenvalue weighted by atomic mass is 9.85. The maximum Gasteiger partial charge on any atom is 0.251 e. The molecule has 0 bridgehead atoms. The number of nitrogens with one attached hydrogen (secondary N) is 1. The first-order valence-electron chi connectivity index (χ1n) is 5.13. The monoisotopic (exact) mass is 206 g/mol. The van der Waals surface area contributed by atoms with Gasteiger partial charge in [-0.2, -0.15) is 0 Å². The fourth-order valence-corrected chi connectivity index (χ4v) is 1.75. The summed E-state index contributed by atoms with van der Waals surface area (Å²) in [6.45, 7) is 8.59. The molecule has 4 heteroatoms. The topological polar surface area (TPSA) is 15.3 Å². The predicted octanol–water partition coefficient (Wildman–Crippen LogP) is 1.57. The highest BCUT2D eigenvalue weighted by Crippen LogP contribution is 2.21. The van der Waals surface area contributed by atoms with Crippen LogP contribution in [-0.2, 0) is 0 Å². The molecule has 14 heavy (non-hydrogen) atoms. The molecule has 1 aliphatic heterocycles. The van der Waals surface area contributed by atoms with Gasteiger partial charge >= 0.3 is 0 Å². The highest BCUT2D eigenvalue weighted by molar-refractivity contribution is 4.87. The molecular weight excluding hydrogens is 186 g/mol. The van der Waals surface area contributed by atoms with Crippen LogP contribution in [0.4, 0.5) is 8.78 Å². The first-order valence-corrected chi connectivity index (χ1v) is 5.13. The number of hydrogen-bond acceptors (Lipinski definition) is 2. The molecule has 1 aliphatic rings. The lowest BCUT2D eigenvalue weighted by molar-refractivity contribution is 0.0569. The molecule has 0 radical (unpaired) electrons. The summed E-state index contributed by atoms with van der Waals surface area (Å²) in [5, 5.41) is 3.38. The van der Waals surface area contributed by atoms with Crippen LogP contribution >= 0.6 is 0 Å². The lowest BCUT2D eigenvalue weighted by Gasteiger charge is -2.40. The van der Waals surface area contributed by atoms with Crippen LogP contribution in [-0.4, -0.2) is 43.5 Å². The highest BCUT2D eigenvalue weighted by atomic mass is 19.3. The second-order valence-electron chi connectivity index (χ2n) is 5.02. The van der Waals surface area contributed by atoms with Gasteiger partial charge < -0.3 is 5.32 Å². The Morgan fingerprint density at radius 3 is 2.57 bits per heavy atom. The molecule has 0 aliphatic carbocycles. The normalized spacial score (nSPS) is 25.7. The van der Waals surface area contributed by atoms with Gasteiger partial charge in [-0.3, -0.25) is 4.90 Å². The molecule has 84 valence electrons. The third kappa shape index (κ3) is 3.50. The van der Waals surface area contributed by atoms with Crippen molar-refractivity contribution in [3.8, 4) is 0 Å². The molecule has 1 saturated heterocycles. The largest absolute Gasteiger partial charge is 0.311 e. The van der Waals surface area contributed by atoms with E-state index in [-0.39, 0.29) is 12.0 Å². The van der Waals surface area contributed by atoms with Gasteiger partial charge in [-0.15, -0.1) is 0 Å². The van der Waals surface area contributed by atoms with E-state index in [1.165, 1.54) is 0 Å². The SMILES string of the molecule is CC(C)(C)C1CN(CC(F)F)CCN1. The zero-order valence-corrected chi connectivity index (χ0v) is 9.19. The first kappa shape index (κ1) is 11.9. The summed E-state index contributed by atoms with van der Waals surface area (Å²) in [4.78, 5) is 1.84. The number of hydrogen-bond donors (Lipinski definition) is 1. The van der Waals surface area contributed by atoms with Crippen LogP contribution in [0.3, 0.4) is 0 Å². The number of alkyl halides is 2. The summed E-state index contributed by atoms with van der Waals surface area (Å²) < 4.78 is 24.4. The highest BCUT2D eigenvalue weighted by Gasteiger charge is 2.29. The first-order chi connectivity index (χ1) is 6.39. The van der Waals surface area contributed by atoms with E-state index in [4.69, 9.17) is 0 Å². The third-order valence-corrected chi connectivity index (χ3v) is 2.70. The van der Waals surface area contributed by atoms with E-state index < -0.39 is 6.43 Å². The van der Waals surface area contributed by atoms with Crippen LogP contribution in [0.15, 0.2) is 0 Å². The Hall–Kier alpha value is -0.220. The van der Waals surface area contributed by atoms with E-state index in [9.17, 15) is 8.78 Å². The minimum Gasteiger partial charge on any atom is -0.311 e. The molecule has 1 unspecified atom stereocenters. The van der Waals surface area contributed by atoms with Crippen LogP contribution in [0.25, 0.3) is 0 Å². The van der Waals surface area contributed by atoms with E-state index in [1.807, 2.05) is 4.90 Å². The van der Waals surface area contributed by atoms with E-state index in [1.54, 1.807) is 0 Å². The fourth-order valence-electron chi connectivity index (χ4n) is 1.75. The van der Waals surface area contributed by atoms with Crippen LogP contribution in [0.1, 0.15) is 20.8 Å². The van der Waals surface area contributed by atoms with Crippen LogP contribution in [0.2, 0.25) is 0 Å². The summed E-state index contributed by atoms with van der Waals surface area (Å²) in [5.74, 6) is 0. The van der Waals surface area contributed by atoms with Crippen molar-refractivity contribution in [2.24, 2.45) is 5.41 Å². The van der Waals surface area contributed by atoms with Crippen LogP contribution in [0.5, 0.6) is 0 Å². The Balaban J connectivity index is 2.44. The van der Waals surface area contributed by atoms with Crippen molar-refractivity contribution in [1.82, 2.24) is 10.2 Å². The summed E-state index contributed by atoms with van der Waals surface area (Å²) in [6.07, 6.45) is -2.21. The maximum absolute atomic E-state index is 12.2. The second-order valence-corrected chi connectivity index (χ2v) is 5.02. The standard InChI is InChI=1S/C10H20F2N2/c1-10(2,3)8-6-14(5-4-13-8)7-9(11)12/h8-9,13H,4-7H2,1-3H3. The van der Waals surface area contributed by atoms with Crippen LogP contribution in [0, 0.1) is 5.41 Å². The summed E-state index contributed by atoms with van der Waals surface area (Å²) >= 11 is 0. The maximum atomic E-state index is 12.2. The Morgan fingerprint density at radius 2 is 2.07 bits per heavy atom. The van der Waals surface area contributed by atoms with Crippen molar-refractivity contribution < 1.29 is 8.78 Å². The molecule has 2 nitrogen and oxygen atoms in total. The van der Waals surface area contributed by atoms with E-state index >= 15 is 0 Å². The molecular formula is C10H20F2N2. The van der Waals surface area contributed by atoms with Gasteiger partial charge in [0.05, 0.1) is 6.54 Å². The number of rotatable bonds is 2. The smallest absolute Gasteiger partial charge is 0.251 e. The zero-order valence-electron chi connectivity index (χ0n) is 9.19. The van der Waals surface area contributed by atoms with Crippen molar-refractivity contribution in [3.05, 3.63) is 0 Å². The van der Waals surface area contributed by atoms with Crippen molar-refractivity contribution in [2.45, 2.75) is 33.2 Å². The minimum atomic E-state index is -2.21. The summed E-state index contributed by atoms with van der Waals surface area (Å²) in [5.41, 5.74) is 0.140. The zero-order chi connectivity index (χ0) is 10.8. The number of halogens is 2. The van der Waals surface area contributed by atoms with Crippen molar-refractivity contribution in [3.63, 3.8) is 0 Å². The fraction of sp³-hybridized carbons (Fsp3) is 1.00. The average Bonchev–Trinajstić information content (AvgIpc) is 2.01. The van der Waals surface area contributed by atoms with E-state index in [2.05, 4.69) is 26.1 Å². The Kier molecular flexibility index (Phi) is 3.84. The molecule has 0 saturated carbocycles. The molecule has 1 N–H and O–H groups in total. The van der Waals surface area contributed by atoms with Gasteiger partial charge in [0.1, 0.15) is 0 Å². The van der Waals surface area contributed by atoms with E-state index in [0.717, 1.165) is 19.6 Å². The van der Waals surface area contributed by atoms with Crippen molar-refractivity contribution in [2.75, 3.05) is 26.2 Å². The van der Waals surface area contributed by atoms with Crippen molar-refractivity contribution >= 4 is 0 Å². The Labute approximate surface area is 84.7 Å².